The Kier molecular flexibility index (Phi) is 3.16. The number of carbonyl (C=O) groups is 1. The Morgan fingerprint density at radius 3 is 2.83 bits per heavy atom. The number of fused-ring (bicyclic) bond motifs is 2. The van der Waals surface area contributed by atoms with Crippen molar-refractivity contribution in [1.29, 1.82) is 0 Å². The molecular formula is C18H14N4O2. The topological polar surface area (TPSA) is 90.6 Å². The lowest BCUT2D eigenvalue weighted by Gasteiger charge is -2.05. The van der Waals surface area contributed by atoms with Gasteiger partial charge in [-0.2, -0.15) is 0 Å². The largest absolute Gasteiger partial charge is 0.359 e. The average molecular weight is 318 g/mol. The zero-order chi connectivity index (χ0) is 16.7. The molecule has 2 aromatic heterocycles. The quantitative estimate of drug-likeness (QED) is 0.530. The molecule has 24 heavy (non-hydrogen) atoms. The summed E-state index contributed by atoms with van der Waals surface area (Å²) in [4.78, 5) is 34.6. The molecular weight excluding hydrogens is 304 g/mol. The van der Waals surface area contributed by atoms with Crippen molar-refractivity contribution in [2.24, 2.45) is 0 Å². The van der Waals surface area contributed by atoms with E-state index in [1.807, 2.05) is 24.3 Å². The first-order chi connectivity index (χ1) is 11.6. The third kappa shape index (κ3) is 2.34. The van der Waals surface area contributed by atoms with Crippen molar-refractivity contribution >= 4 is 33.4 Å². The molecule has 0 bridgehead atoms. The zero-order valence-electron chi connectivity index (χ0n) is 12.9. The van der Waals surface area contributed by atoms with Crippen LogP contribution in [0.3, 0.4) is 0 Å². The van der Waals surface area contributed by atoms with Gasteiger partial charge in [0.25, 0.3) is 11.5 Å². The van der Waals surface area contributed by atoms with Crippen molar-refractivity contribution in [3.8, 4) is 0 Å². The van der Waals surface area contributed by atoms with Crippen molar-refractivity contribution < 1.29 is 4.79 Å². The summed E-state index contributed by atoms with van der Waals surface area (Å²) in [7, 11) is 0. The number of nitrogens with one attached hydrogen (secondary N) is 3. The fourth-order valence-electron chi connectivity index (χ4n) is 2.77. The first-order valence-electron chi connectivity index (χ1n) is 7.50. The van der Waals surface area contributed by atoms with Gasteiger partial charge in [0, 0.05) is 22.7 Å². The average Bonchev–Trinajstić information content (AvgIpc) is 2.97. The van der Waals surface area contributed by atoms with E-state index in [0.717, 1.165) is 10.9 Å². The van der Waals surface area contributed by atoms with Crippen LogP contribution in [0.2, 0.25) is 0 Å². The van der Waals surface area contributed by atoms with Gasteiger partial charge >= 0.3 is 0 Å². The number of benzene rings is 2. The van der Waals surface area contributed by atoms with Crippen molar-refractivity contribution in [3.05, 3.63) is 70.4 Å². The molecule has 1 amide bonds. The minimum absolute atomic E-state index is 0.251. The van der Waals surface area contributed by atoms with Crippen LogP contribution in [-0.2, 0) is 0 Å². The molecule has 0 aliphatic heterocycles. The van der Waals surface area contributed by atoms with Crippen LogP contribution in [0, 0.1) is 6.92 Å². The van der Waals surface area contributed by atoms with Gasteiger partial charge in [0.1, 0.15) is 5.82 Å². The maximum absolute atomic E-state index is 12.5. The molecule has 0 saturated carbocycles. The first kappa shape index (κ1) is 14.2. The van der Waals surface area contributed by atoms with E-state index in [0.29, 0.717) is 28.0 Å². The maximum atomic E-state index is 12.5. The smallest absolute Gasteiger partial charge is 0.258 e. The molecule has 0 fully saturated rings. The van der Waals surface area contributed by atoms with Crippen molar-refractivity contribution in [1.82, 2.24) is 15.0 Å². The maximum Gasteiger partial charge on any atom is 0.258 e. The third-order valence-corrected chi connectivity index (χ3v) is 3.92. The summed E-state index contributed by atoms with van der Waals surface area (Å²) in [5.74, 6) is 0.269. The highest BCUT2D eigenvalue weighted by atomic mass is 16.1. The van der Waals surface area contributed by atoms with E-state index in [9.17, 15) is 9.59 Å². The fourth-order valence-corrected chi connectivity index (χ4v) is 2.77. The Balaban J connectivity index is 1.72. The van der Waals surface area contributed by atoms with Crippen LogP contribution >= 0.6 is 0 Å². The zero-order valence-corrected chi connectivity index (χ0v) is 12.9. The molecule has 0 spiro atoms. The summed E-state index contributed by atoms with van der Waals surface area (Å²) in [6, 6.07) is 12.6. The molecule has 0 unspecified atom stereocenters. The highest BCUT2D eigenvalue weighted by molar-refractivity contribution is 6.10. The molecule has 0 radical (unpaired) electrons. The molecule has 6 nitrogen and oxygen atoms in total. The lowest BCUT2D eigenvalue weighted by molar-refractivity contribution is 0.102. The Morgan fingerprint density at radius 2 is 1.96 bits per heavy atom. The molecule has 4 aromatic rings. The number of carbonyl (C=O) groups excluding carboxylic acids is 1. The molecule has 0 atom stereocenters. The second-order valence-electron chi connectivity index (χ2n) is 5.59. The van der Waals surface area contributed by atoms with Gasteiger partial charge in [-0.3, -0.25) is 9.59 Å². The van der Waals surface area contributed by atoms with E-state index in [1.54, 1.807) is 31.3 Å². The highest BCUT2D eigenvalue weighted by Gasteiger charge is 2.11. The lowest BCUT2D eigenvalue weighted by Crippen LogP contribution is -2.14. The predicted molar refractivity (Wildman–Crippen MR) is 93.4 cm³/mol. The number of hydrogen-bond acceptors (Lipinski definition) is 3. The van der Waals surface area contributed by atoms with Crippen molar-refractivity contribution in [2.45, 2.75) is 6.92 Å². The van der Waals surface area contributed by atoms with Gasteiger partial charge in [0.15, 0.2) is 0 Å². The molecule has 118 valence electrons. The van der Waals surface area contributed by atoms with Crippen LogP contribution in [-0.4, -0.2) is 20.9 Å². The Labute approximate surface area is 136 Å². The highest BCUT2D eigenvalue weighted by Crippen LogP contribution is 2.23. The summed E-state index contributed by atoms with van der Waals surface area (Å²) in [6.45, 7) is 1.72. The number of aromatic nitrogens is 3. The summed E-state index contributed by atoms with van der Waals surface area (Å²) >= 11 is 0. The SMILES string of the molecule is Cc1nc2ccc(C(=O)Nc3c[nH]c4ccccc34)cc2c(=O)[nH]1. The molecule has 2 heterocycles. The summed E-state index contributed by atoms with van der Waals surface area (Å²) in [5.41, 5.74) is 2.37. The van der Waals surface area contributed by atoms with E-state index in [1.165, 1.54) is 0 Å². The Hall–Kier alpha value is -3.41. The van der Waals surface area contributed by atoms with E-state index in [-0.39, 0.29) is 11.5 Å². The van der Waals surface area contributed by atoms with Gasteiger partial charge < -0.3 is 15.3 Å². The molecule has 0 aliphatic rings. The molecule has 3 N–H and O–H groups in total. The molecule has 0 aliphatic carbocycles. The minimum Gasteiger partial charge on any atom is -0.359 e. The minimum atomic E-state index is -0.276. The van der Waals surface area contributed by atoms with Gasteiger partial charge in [0.05, 0.1) is 16.6 Å². The normalized spacial score (nSPS) is 11.0. The van der Waals surface area contributed by atoms with Crippen molar-refractivity contribution in [2.75, 3.05) is 5.32 Å². The summed E-state index contributed by atoms with van der Waals surface area (Å²) < 4.78 is 0. The summed E-state index contributed by atoms with van der Waals surface area (Å²) in [6.07, 6.45) is 1.75. The molecule has 4 rings (SSSR count). The Bertz CT molecular complexity index is 1140. The van der Waals surface area contributed by atoms with Gasteiger partial charge in [-0.1, -0.05) is 18.2 Å². The van der Waals surface area contributed by atoms with E-state index in [4.69, 9.17) is 0 Å². The Morgan fingerprint density at radius 1 is 1.12 bits per heavy atom. The third-order valence-electron chi connectivity index (χ3n) is 3.92. The van der Waals surface area contributed by atoms with Gasteiger partial charge in [-0.15, -0.1) is 0 Å². The van der Waals surface area contributed by atoms with Gasteiger partial charge in [0.2, 0.25) is 0 Å². The fraction of sp³-hybridized carbons (Fsp3) is 0.0556. The van der Waals surface area contributed by atoms with E-state index >= 15 is 0 Å². The number of nitrogens with zero attached hydrogens (tertiary/aromatic N) is 1. The number of hydrogen-bond donors (Lipinski definition) is 3. The van der Waals surface area contributed by atoms with Crippen LogP contribution in [0.1, 0.15) is 16.2 Å². The number of amides is 1. The second-order valence-corrected chi connectivity index (χ2v) is 5.59. The number of H-pyrrole nitrogens is 2. The number of para-hydroxylation sites is 1. The van der Waals surface area contributed by atoms with Crippen LogP contribution in [0.15, 0.2) is 53.5 Å². The molecule has 0 saturated heterocycles. The van der Waals surface area contributed by atoms with Gasteiger partial charge in [-0.05, 0) is 31.2 Å². The first-order valence-corrected chi connectivity index (χ1v) is 7.50. The number of rotatable bonds is 2. The number of anilines is 1. The van der Waals surface area contributed by atoms with Crippen LogP contribution in [0.25, 0.3) is 21.8 Å². The van der Waals surface area contributed by atoms with Crippen LogP contribution in [0.5, 0.6) is 0 Å². The number of aryl methyl sites for hydroxylation is 1. The number of aromatic amines is 2. The molecule has 6 heteroatoms. The monoisotopic (exact) mass is 318 g/mol. The van der Waals surface area contributed by atoms with Crippen LogP contribution in [0.4, 0.5) is 5.69 Å². The van der Waals surface area contributed by atoms with E-state index in [2.05, 4.69) is 20.3 Å². The van der Waals surface area contributed by atoms with Crippen LogP contribution < -0.4 is 10.9 Å². The lowest BCUT2D eigenvalue weighted by atomic mass is 10.1. The molecule has 2 aromatic carbocycles. The summed E-state index contributed by atoms with van der Waals surface area (Å²) in [5, 5.41) is 4.20. The second kappa shape index (κ2) is 5.34. The standard InChI is InChI=1S/C18H14N4O2/c1-10-20-15-7-6-11(8-13(15)18(24)21-10)17(23)22-16-9-19-14-5-3-2-4-12(14)16/h2-9,19H,1H3,(H,22,23)(H,20,21,24). The van der Waals surface area contributed by atoms with E-state index < -0.39 is 0 Å². The van der Waals surface area contributed by atoms with Crippen molar-refractivity contribution in [3.63, 3.8) is 0 Å². The predicted octanol–water partition coefficient (Wildman–Crippen LogP) is 2.97. The van der Waals surface area contributed by atoms with Gasteiger partial charge in [-0.25, -0.2) is 4.98 Å².